The van der Waals surface area contributed by atoms with E-state index in [2.05, 4.69) is 4.98 Å². The molecule has 2 fully saturated rings. The predicted octanol–water partition coefficient (Wildman–Crippen LogP) is 1.71. The van der Waals surface area contributed by atoms with Gasteiger partial charge in [0.25, 0.3) is 5.91 Å². The van der Waals surface area contributed by atoms with Crippen LogP contribution in [0.2, 0.25) is 5.02 Å². The number of halogens is 1. The van der Waals surface area contributed by atoms with E-state index in [1.807, 2.05) is 0 Å². The highest BCUT2D eigenvalue weighted by atomic mass is 35.5. The molecule has 0 aliphatic carbocycles. The van der Waals surface area contributed by atoms with Crippen molar-refractivity contribution < 1.29 is 14.3 Å². The van der Waals surface area contributed by atoms with Crippen LogP contribution in [0.1, 0.15) is 23.3 Å². The molecular weight excluding hydrogens is 268 g/mol. The van der Waals surface area contributed by atoms with Crippen molar-refractivity contribution in [2.24, 2.45) is 0 Å². The summed E-state index contributed by atoms with van der Waals surface area (Å²) in [6, 6.07) is 3.25. The van der Waals surface area contributed by atoms with E-state index in [0.29, 0.717) is 49.9 Å². The Kier molecular flexibility index (Phi) is 3.43. The summed E-state index contributed by atoms with van der Waals surface area (Å²) in [4.78, 5) is 18.1. The Morgan fingerprint density at radius 1 is 1.32 bits per heavy atom. The molecule has 2 aliphatic rings. The number of likely N-dealkylation sites (tertiary alicyclic amines) is 1. The maximum atomic E-state index is 12.3. The number of pyridine rings is 1. The zero-order chi connectivity index (χ0) is 13.3. The molecule has 0 saturated carbocycles. The first kappa shape index (κ1) is 12.8. The van der Waals surface area contributed by atoms with E-state index in [0.717, 1.165) is 0 Å². The largest absolute Gasteiger partial charge is 0.347 e. The van der Waals surface area contributed by atoms with Gasteiger partial charge in [0.15, 0.2) is 5.79 Å². The minimum atomic E-state index is -0.460. The molecule has 0 bridgehead atoms. The molecule has 3 heterocycles. The predicted molar refractivity (Wildman–Crippen MR) is 69.0 cm³/mol. The highest BCUT2D eigenvalue weighted by Gasteiger charge is 2.40. The highest BCUT2D eigenvalue weighted by molar-refractivity contribution is 6.30. The summed E-state index contributed by atoms with van der Waals surface area (Å²) in [7, 11) is 0. The van der Waals surface area contributed by atoms with Crippen LogP contribution in [-0.2, 0) is 9.47 Å². The zero-order valence-electron chi connectivity index (χ0n) is 10.5. The third-order valence-corrected chi connectivity index (χ3v) is 3.80. The van der Waals surface area contributed by atoms with Crippen LogP contribution < -0.4 is 0 Å². The van der Waals surface area contributed by atoms with Crippen molar-refractivity contribution in [2.75, 3.05) is 26.3 Å². The van der Waals surface area contributed by atoms with Crippen LogP contribution in [0.3, 0.4) is 0 Å². The van der Waals surface area contributed by atoms with Crippen molar-refractivity contribution in [1.82, 2.24) is 9.88 Å². The van der Waals surface area contributed by atoms with E-state index < -0.39 is 5.79 Å². The third-order valence-electron chi connectivity index (χ3n) is 3.57. The number of nitrogens with zero attached hydrogens (tertiary/aromatic N) is 2. The number of piperidine rings is 1. The summed E-state index contributed by atoms with van der Waals surface area (Å²) >= 11 is 5.88. The van der Waals surface area contributed by atoms with Crippen molar-refractivity contribution in [3.05, 3.63) is 29.0 Å². The van der Waals surface area contributed by atoms with Crippen LogP contribution >= 0.6 is 11.6 Å². The van der Waals surface area contributed by atoms with E-state index in [1.165, 1.54) is 0 Å². The second kappa shape index (κ2) is 5.07. The number of hydrogen-bond acceptors (Lipinski definition) is 4. The normalized spacial score (nSPS) is 21.8. The minimum absolute atomic E-state index is 0.0876. The smallest absolute Gasteiger partial charge is 0.272 e. The fraction of sp³-hybridized carbons (Fsp3) is 0.538. The molecule has 0 atom stereocenters. The number of ether oxygens (including phenoxy) is 2. The number of carbonyl (C=O) groups is 1. The van der Waals surface area contributed by atoms with Crippen LogP contribution in [0.15, 0.2) is 18.3 Å². The lowest BCUT2D eigenvalue weighted by Crippen LogP contribution is -2.47. The quantitative estimate of drug-likeness (QED) is 0.787. The monoisotopic (exact) mass is 282 g/mol. The Morgan fingerprint density at radius 3 is 2.63 bits per heavy atom. The van der Waals surface area contributed by atoms with Crippen LogP contribution in [0.5, 0.6) is 0 Å². The number of rotatable bonds is 1. The third kappa shape index (κ3) is 2.59. The number of amides is 1. The molecule has 0 radical (unpaired) electrons. The lowest BCUT2D eigenvalue weighted by molar-refractivity contribution is -0.181. The van der Waals surface area contributed by atoms with E-state index in [9.17, 15) is 4.79 Å². The van der Waals surface area contributed by atoms with Gasteiger partial charge in [-0.25, -0.2) is 0 Å². The molecule has 2 saturated heterocycles. The van der Waals surface area contributed by atoms with Gasteiger partial charge in [-0.05, 0) is 12.1 Å². The Labute approximate surface area is 116 Å². The van der Waals surface area contributed by atoms with E-state index in [4.69, 9.17) is 21.1 Å². The van der Waals surface area contributed by atoms with Crippen LogP contribution in [-0.4, -0.2) is 47.9 Å². The minimum Gasteiger partial charge on any atom is -0.347 e. The molecule has 0 N–H and O–H groups in total. The van der Waals surface area contributed by atoms with Gasteiger partial charge >= 0.3 is 0 Å². The van der Waals surface area contributed by atoms with Crippen LogP contribution in [0.4, 0.5) is 0 Å². The average Bonchev–Trinajstić information content (AvgIpc) is 2.87. The lowest BCUT2D eigenvalue weighted by Gasteiger charge is -2.37. The fourth-order valence-corrected chi connectivity index (χ4v) is 2.68. The number of hydrogen-bond donors (Lipinski definition) is 0. The SMILES string of the molecule is O=C(c1cc(Cl)ccn1)N1CCC2(CC1)OCCO2. The molecule has 102 valence electrons. The molecule has 0 aromatic carbocycles. The summed E-state index contributed by atoms with van der Waals surface area (Å²) in [5.74, 6) is -0.547. The molecule has 6 heteroatoms. The Morgan fingerprint density at radius 2 is 2.00 bits per heavy atom. The van der Waals surface area contributed by atoms with Gasteiger partial charge in [-0.3, -0.25) is 9.78 Å². The Bertz CT molecular complexity index is 479. The van der Waals surface area contributed by atoms with Gasteiger partial charge < -0.3 is 14.4 Å². The molecule has 3 rings (SSSR count). The second-order valence-corrected chi connectivity index (χ2v) is 5.20. The van der Waals surface area contributed by atoms with Crippen molar-refractivity contribution >= 4 is 17.5 Å². The fourth-order valence-electron chi connectivity index (χ4n) is 2.52. The van der Waals surface area contributed by atoms with Crippen molar-refractivity contribution in [3.8, 4) is 0 Å². The van der Waals surface area contributed by atoms with Gasteiger partial charge in [-0.2, -0.15) is 0 Å². The van der Waals surface area contributed by atoms with E-state index in [-0.39, 0.29) is 5.91 Å². The van der Waals surface area contributed by atoms with Gasteiger partial charge in [-0.1, -0.05) is 11.6 Å². The van der Waals surface area contributed by atoms with Gasteiger partial charge in [0, 0.05) is 37.2 Å². The molecule has 1 amide bonds. The molecule has 0 unspecified atom stereocenters. The van der Waals surface area contributed by atoms with Crippen molar-refractivity contribution in [2.45, 2.75) is 18.6 Å². The summed E-state index contributed by atoms with van der Waals surface area (Å²) in [6.07, 6.45) is 2.96. The van der Waals surface area contributed by atoms with Gasteiger partial charge in [0.1, 0.15) is 5.69 Å². The summed E-state index contributed by atoms with van der Waals surface area (Å²) < 4.78 is 11.3. The maximum Gasteiger partial charge on any atom is 0.272 e. The van der Waals surface area contributed by atoms with Crippen LogP contribution in [0, 0.1) is 0 Å². The molecule has 2 aliphatic heterocycles. The van der Waals surface area contributed by atoms with Gasteiger partial charge in [0.2, 0.25) is 0 Å². The van der Waals surface area contributed by atoms with Crippen molar-refractivity contribution in [1.29, 1.82) is 0 Å². The summed E-state index contributed by atoms with van der Waals surface area (Å²) in [5, 5.41) is 0.522. The van der Waals surface area contributed by atoms with Crippen LogP contribution in [0.25, 0.3) is 0 Å². The van der Waals surface area contributed by atoms with E-state index >= 15 is 0 Å². The average molecular weight is 283 g/mol. The number of carbonyl (C=O) groups excluding carboxylic acids is 1. The topological polar surface area (TPSA) is 51.7 Å². The first-order valence-corrected chi connectivity index (χ1v) is 6.75. The zero-order valence-corrected chi connectivity index (χ0v) is 11.2. The standard InChI is InChI=1S/C13H15ClN2O3/c14-10-1-4-15-11(9-10)12(17)16-5-2-13(3-6-16)18-7-8-19-13/h1,4,9H,2-3,5-8H2. The summed E-state index contributed by atoms with van der Waals surface area (Å²) in [5.41, 5.74) is 0.386. The Balaban J connectivity index is 1.66. The molecule has 1 aromatic heterocycles. The van der Waals surface area contributed by atoms with Crippen molar-refractivity contribution in [3.63, 3.8) is 0 Å². The van der Waals surface area contributed by atoms with Gasteiger partial charge in [-0.15, -0.1) is 0 Å². The Hall–Kier alpha value is -1.17. The molecule has 1 spiro atoms. The van der Waals surface area contributed by atoms with E-state index in [1.54, 1.807) is 23.2 Å². The summed E-state index contributed by atoms with van der Waals surface area (Å²) in [6.45, 7) is 2.52. The molecule has 5 nitrogen and oxygen atoms in total. The molecule has 1 aromatic rings. The second-order valence-electron chi connectivity index (χ2n) is 4.76. The molecular formula is C13H15ClN2O3. The van der Waals surface area contributed by atoms with Gasteiger partial charge in [0.05, 0.1) is 13.2 Å². The number of aromatic nitrogens is 1. The first-order valence-electron chi connectivity index (χ1n) is 6.37. The maximum absolute atomic E-state index is 12.3. The highest BCUT2D eigenvalue weighted by Crippen LogP contribution is 2.31. The lowest BCUT2D eigenvalue weighted by atomic mass is 10.0. The first-order chi connectivity index (χ1) is 9.19. The molecule has 19 heavy (non-hydrogen) atoms.